The van der Waals surface area contributed by atoms with Gasteiger partial charge in [0.05, 0.1) is 5.92 Å². The van der Waals surface area contributed by atoms with Crippen LogP contribution in [0.3, 0.4) is 0 Å². The molecule has 1 heterocycles. The summed E-state index contributed by atoms with van der Waals surface area (Å²) >= 11 is 0. The van der Waals surface area contributed by atoms with Crippen LogP contribution in [0.5, 0.6) is 0 Å². The highest BCUT2D eigenvalue weighted by molar-refractivity contribution is 5.87. The number of rotatable bonds is 5. The highest BCUT2D eigenvalue weighted by atomic mass is 16.2. The van der Waals surface area contributed by atoms with Crippen LogP contribution in [0.4, 0.5) is 0 Å². The van der Waals surface area contributed by atoms with Crippen molar-refractivity contribution in [2.24, 2.45) is 0 Å². The summed E-state index contributed by atoms with van der Waals surface area (Å²) in [5, 5.41) is 0. The van der Waals surface area contributed by atoms with Crippen LogP contribution in [0, 0.1) is 0 Å². The number of hydrogen-bond donors (Lipinski definition) is 0. The SMILES string of the molecule is C=CCN1CCCN(C(=O)C(c2ccccc2)c2ccccc2)CC1. The molecule has 0 unspecified atom stereocenters. The zero-order chi connectivity index (χ0) is 17.5. The minimum absolute atomic E-state index is 0.206. The van der Waals surface area contributed by atoms with Crippen molar-refractivity contribution in [3.05, 3.63) is 84.4 Å². The second kappa shape index (κ2) is 8.63. The molecule has 2 aromatic carbocycles. The fourth-order valence-electron chi connectivity index (χ4n) is 3.51. The summed E-state index contributed by atoms with van der Waals surface area (Å²) < 4.78 is 0. The van der Waals surface area contributed by atoms with Crippen molar-refractivity contribution in [3.8, 4) is 0 Å². The molecular weight excluding hydrogens is 308 g/mol. The van der Waals surface area contributed by atoms with Crippen molar-refractivity contribution in [3.63, 3.8) is 0 Å². The Bertz CT molecular complexity index is 644. The van der Waals surface area contributed by atoms with Gasteiger partial charge in [-0.1, -0.05) is 66.7 Å². The maximum absolute atomic E-state index is 13.4. The third-order valence-electron chi connectivity index (χ3n) is 4.80. The normalized spacial score (nSPS) is 15.8. The molecule has 0 bridgehead atoms. The highest BCUT2D eigenvalue weighted by Crippen LogP contribution is 2.27. The van der Waals surface area contributed by atoms with Crippen molar-refractivity contribution in [2.75, 3.05) is 32.7 Å². The lowest BCUT2D eigenvalue weighted by Gasteiger charge is -2.27. The molecule has 1 aliphatic rings. The number of nitrogens with zero attached hydrogens (tertiary/aromatic N) is 2. The standard InChI is InChI=1S/C22H26N2O/c1-2-14-23-15-9-16-24(18-17-23)22(25)21(19-10-5-3-6-11-19)20-12-7-4-8-13-20/h2-8,10-13,21H,1,9,14-18H2. The van der Waals surface area contributed by atoms with Crippen LogP contribution in [0.15, 0.2) is 73.3 Å². The fraction of sp³-hybridized carbons (Fsp3) is 0.318. The predicted molar refractivity (Wildman–Crippen MR) is 103 cm³/mol. The third-order valence-corrected chi connectivity index (χ3v) is 4.80. The first-order valence-corrected chi connectivity index (χ1v) is 9.01. The van der Waals surface area contributed by atoms with Gasteiger partial charge in [0.15, 0.2) is 0 Å². The molecule has 130 valence electrons. The molecule has 1 fully saturated rings. The maximum atomic E-state index is 13.4. The van der Waals surface area contributed by atoms with Gasteiger partial charge in [0.25, 0.3) is 0 Å². The van der Waals surface area contributed by atoms with E-state index in [0.717, 1.165) is 50.3 Å². The molecule has 0 saturated carbocycles. The molecule has 1 saturated heterocycles. The van der Waals surface area contributed by atoms with Crippen LogP contribution >= 0.6 is 0 Å². The van der Waals surface area contributed by atoms with Gasteiger partial charge in [-0.3, -0.25) is 9.69 Å². The molecule has 0 aromatic heterocycles. The van der Waals surface area contributed by atoms with Gasteiger partial charge in [-0.2, -0.15) is 0 Å². The topological polar surface area (TPSA) is 23.6 Å². The summed E-state index contributed by atoms with van der Waals surface area (Å²) in [6, 6.07) is 20.2. The molecule has 3 rings (SSSR count). The van der Waals surface area contributed by atoms with Crippen LogP contribution in [0.2, 0.25) is 0 Å². The smallest absolute Gasteiger partial charge is 0.234 e. The molecular formula is C22H26N2O. The molecule has 2 aromatic rings. The van der Waals surface area contributed by atoms with E-state index in [1.165, 1.54) is 0 Å². The summed E-state index contributed by atoms with van der Waals surface area (Å²) in [5.74, 6) is -0.0220. The lowest BCUT2D eigenvalue weighted by molar-refractivity contribution is -0.131. The zero-order valence-corrected chi connectivity index (χ0v) is 14.7. The second-order valence-corrected chi connectivity index (χ2v) is 6.52. The van der Waals surface area contributed by atoms with E-state index in [0.29, 0.717) is 0 Å². The minimum atomic E-state index is -0.228. The largest absolute Gasteiger partial charge is 0.341 e. The Morgan fingerprint density at radius 3 is 2.08 bits per heavy atom. The number of hydrogen-bond acceptors (Lipinski definition) is 2. The van der Waals surface area contributed by atoms with Gasteiger partial charge < -0.3 is 4.90 Å². The zero-order valence-electron chi connectivity index (χ0n) is 14.7. The Hall–Kier alpha value is -2.39. The Morgan fingerprint density at radius 1 is 0.920 bits per heavy atom. The first-order chi connectivity index (χ1) is 12.3. The molecule has 1 aliphatic heterocycles. The van der Waals surface area contributed by atoms with Crippen LogP contribution in [-0.4, -0.2) is 48.4 Å². The fourth-order valence-corrected chi connectivity index (χ4v) is 3.51. The van der Waals surface area contributed by atoms with E-state index in [1.807, 2.05) is 47.4 Å². The van der Waals surface area contributed by atoms with Crippen molar-refractivity contribution < 1.29 is 4.79 Å². The van der Waals surface area contributed by atoms with Gasteiger partial charge in [-0.05, 0) is 17.5 Å². The van der Waals surface area contributed by atoms with Gasteiger partial charge in [0.1, 0.15) is 0 Å². The molecule has 0 spiro atoms. The summed E-state index contributed by atoms with van der Waals surface area (Å²) in [7, 11) is 0. The Labute approximate surface area is 150 Å². The first kappa shape index (κ1) is 17.4. The highest BCUT2D eigenvalue weighted by Gasteiger charge is 2.28. The maximum Gasteiger partial charge on any atom is 0.234 e. The quantitative estimate of drug-likeness (QED) is 0.781. The van der Waals surface area contributed by atoms with E-state index in [9.17, 15) is 4.79 Å². The third kappa shape index (κ3) is 4.37. The lowest BCUT2D eigenvalue weighted by Crippen LogP contribution is -2.38. The van der Waals surface area contributed by atoms with Crippen LogP contribution in [0.1, 0.15) is 23.5 Å². The minimum Gasteiger partial charge on any atom is -0.341 e. The van der Waals surface area contributed by atoms with Gasteiger partial charge in [-0.15, -0.1) is 6.58 Å². The Morgan fingerprint density at radius 2 is 1.52 bits per heavy atom. The lowest BCUT2D eigenvalue weighted by atomic mass is 9.90. The van der Waals surface area contributed by atoms with E-state index < -0.39 is 0 Å². The summed E-state index contributed by atoms with van der Waals surface area (Å²) in [5.41, 5.74) is 2.12. The molecule has 25 heavy (non-hydrogen) atoms. The van der Waals surface area contributed by atoms with E-state index >= 15 is 0 Å². The average molecular weight is 334 g/mol. The Kier molecular flexibility index (Phi) is 6.02. The number of benzene rings is 2. The molecule has 0 atom stereocenters. The first-order valence-electron chi connectivity index (χ1n) is 9.01. The summed E-state index contributed by atoms with van der Waals surface area (Å²) in [6.45, 7) is 8.25. The van der Waals surface area contributed by atoms with Crippen LogP contribution in [0.25, 0.3) is 0 Å². The van der Waals surface area contributed by atoms with Gasteiger partial charge >= 0.3 is 0 Å². The van der Waals surface area contributed by atoms with Crippen molar-refractivity contribution in [1.82, 2.24) is 9.80 Å². The van der Waals surface area contributed by atoms with Crippen LogP contribution < -0.4 is 0 Å². The predicted octanol–water partition coefficient (Wildman–Crippen LogP) is 3.54. The molecule has 3 nitrogen and oxygen atoms in total. The monoisotopic (exact) mass is 334 g/mol. The molecule has 0 aliphatic carbocycles. The van der Waals surface area contributed by atoms with Crippen molar-refractivity contribution in [2.45, 2.75) is 12.3 Å². The van der Waals surface area contributed by atoms with Gasteiger partial charge in [0, 0.05) is 32.7 Å². The van der Waals surface area contributed by atoms with E-state index in [2.05, 4.69) is 35.7 Å². The molecule has 1 amide bonds. The van der Waals surface area contributed by atoms with Crippen LogP contribution in [-0.2, 0) is 4.79 Å². The molecule has 3 heteroatoms. The number of amides is 1. The van der Waals surface area contributed by atoms with E-state index in [4.69, 9.17) is 0 Å². The van der Waals surface area contributed by atoms with Gasteiger partial charge in [0.2, 0.25) is 5.91 Å². The summed E-state index contributed by atoms with van der Waals surface area (Å²) in [4.78, 5) is 17.8. The van der Waals surface area contributed by atoms with Gasteiger partial charge in [-0.25, -0.2) is 0 Å². The van der Waals surface area contributed by atoms with E-state index in [-0.39, 0.29) is 11.8 Å². The van der Waals surface area contributed by atoms with Crippen molar-refractivity contribution >= 4 is 5.91 Å². The molecule has 0 N–H and O–H groups in total. The number of carbonyl (C=O) groups excluding carboxylic acids is 1. The number of carbonyl (C=O) groups is 1. The molecule has 0 radical (unpaired) electrons. The van der Waals surface area contributed by atoms with E-state index in [1.54, 1.807) is 0 Å². The van der Waals surface area contributed by atoms with Crippen molar-refractivity contribution in [1.29, 1.82) is 0 Å². The summed E-state index contributed by atoms with van der Waals surface area (Å²) in [6.07, 6.45) is 2.95. The average Bonchev–Trinajstić information content (AvgIpc) is 2.90. The second-order valence-electron chi connectivity index (χ2n) is 6.52. The Balaban J connectivity index is 1.83.